The second-order valence-corrected chi connectivity index (χ2v) is 3.80. The van der Waals surface area contributed by atoms with E-state index in [-0.39, 0.29) is 12.4 Å². The van der Waals surface area contributed by atoms with E-state index in [1.165, 1.54) is 0 Å². The maximum absolute atomic E-state index is 11.1. The van der Waals surface area contributed by atoms with E-state index in [2.05, 4.69) is 20.2 Å². The van der Waals surface area contributed by atoms with Gasteiger partial charge in [-0.3, -0.25) is 8.32 Å². The van der Waals surface area contributed by atoms with Crippen molar-refractivity contribution in [2.24, 2.45) is 5.10 Å². The maximum Gasteiger partial charge on any atom is 0.334 e. The van der Waals surface area contributed by atoms with Gasteiger partial charge in [-0.2, -0.15) is 5.10 Å². The summed E-state index contributed by atoms with van der Waals surface area (Å²) in [5, 5.41) is 3.15. The minimum atomic E-state index is -0.431. The maximum atomic E-state index is 11.1. The Morgan fingerprint density at radius 1 is 1.24 bits per heavy atom. The van der Waals surface area contributed by atoms with Crippen molar-refractivity contribution in [1.29, 1.82) is 0 Å². The molecule has 0 radical (unpaired) electrons. The molecule has 0 atom stereocenters. The zero-order valence-electron chi connectivity index (χ0n) is 9.41. The highest BCUT2D eigenvalue weighted by Gasteiger charge is 2.05. The number of halogens is 1. The summed E-state index contributed by atoms with van der Waals surface area (Å²) in [4.78, 5) is 26.5. The third-order valence-electron chi connectivity index (χ3n) is 1.70. The van der Waals surface area contributed by atoms with Gasteiger partial charge in [-0.1, -0.05) is 0 Å². The molecule has 17 heavy (non-hydrogen) atoms. The number of unbranched alkanes of at least 4 members (excludes halogenated alkanes) is 1. The molecule has 0 heterocycles. The molecule has 98 valence electrons. The Morgan fingerprint density at radius 2 is 1.88 bits per heavy atom. The first kappa shape index (κ1) is 16.1. The molecule has 0 aliphatic carbocycles. The molecule has 0 saturated heterocycles. The molecule has 0 bridgehead atoms. The molecule has 0 aliphatic heterocycles. The number of carbonyl (C=O) groups is 2. The van der Waals surface area contributed by atoms with Crippen LogP contribution in [0.2, 0.25) is 0 Å². The Kier molecular flexibility index (Phi) is 11.0. The number of hydrazone groups is 1. The number of nitrogens with one attached hydrogen (secondary N) is 2. The van der Waals surface area contributed by atoms with Gasteiger partial charge < -0.3 is 9.57 Å². The van der Waals surface area contributed by atoms with Gasteiger partial charge in [-0.25, -0.2) is 4.79 Å². The molecule has 0 amide bonds. The minimum Gasteiger partial charge on any atom is -0.464 e. The van der Waals surface area contributed by atoms with Crippen LogP contribution in [0.1, 0.15) is 25.7 Å². The van der Waals surface area contributed by atoms with Gasteiger partial charge in [0.25, 0.3) is 0 Å². The second-order valence-electron chi connectivity index (χ2n) is 3.03. The summed E-state index contributed by atoms with van der Waals surface area (Å²) in [6.45, 7) is 4.07. The van der Waals surface area contributed by atoms with Crippen LogP contribution in [0.15, 0.2) is 5.10 Å². The van der Waals surface area contributed by atoms with Gasteiger partial charge in [-0.05, 0) is 12.8 Å². The number of esters is 1. The van der Waals surface area contributed by atoms with Crippen molar-refractivity contribution in [1.82, 2.24) is 9.12 Å². The van der Waals surface area contributed by atoms with Gasteiger partial charge in [0.05, 0.1) is 0 Å². The van der Waals surface area contributed by atoms with Crippen molar-refractivity contribution in [2.45, 2.75) is 25.7 Å². The van der Waals surface area contributed by atoms with Crippen molar-refractivity contribution in [3.63, 3.8) is 0 Å². The molecule has 0 rings (SSSR count). The molecule has 0 fully saturated rings. The van der Waals surface area contributed by atoms with Crippen LogP contribution in [0.25, 0.3) is 0 Å². The van der Waals surface area contributed by atoms with E-state index in [1.807, 2.05) is 28.5 Å². The normalized spacial score (nSPS) is 9.47. The van der Waals surface area contributed by atoms with Crippen molar-refractivity contribution in [3.8, 4) is 0 Å². The Hall–Kier alpha value is -0.900. The lowest BCUT2D eigenvalue weighted by atomic mass is 10.2. The van der Waals surface area contributed by atoms with Crippen LogP contribution in [0.4, 0.5) is 0 Å². The topological polar surface area (TPSA) is 89.0 Å². The van der Waals surface area contributed by atoms with Gasteiger partial charge in [0.2, 0.25) is 0 Å². The van der Waals surface area contributed by atoms with Crippen LogP contribution < -0.4 is 9.12 Å². The Bertz CT molecular complexity index is 250. The number of nitrogens with zero attached hydrogens (tertiary/aromatic N) is 1. The third kappa shape index (κ3) is 11.4. The molecule has 8 heteroatoms. The molecule has 0 saturated carbocycles. The molecular formula is C9H16IN3O4. The SMILES string of the molecule is C=NNOC(=O)CCCCC(=O)OCCNI. The average molecular weight is 357 g/mol. The van der Waals surface area contributed by atoms with Gasteiger partial charge >= 0.3 is 11.9 Å². The molecule has 2 N–H and O–H groups in total. The lowest BCUT2D eigenvalue weighted by Gasteiger charge is -2.03. The van der Waals surface area contributed by atoms with Crippen LogP contribution in [0.3, 0.4) is 0 Å². The first-order valence-electron chi connectivity index (χ1n) is 5.10. The summed E-state index contributed by atoms with van der Waals surface area (Å²) in [7, 11) is 0. The van der Waals surface area contributed by atoms with E-state index in [0.29, 0.717) is 32.4 Å². The van der Waals surface area contributed by atoms with Crippen molar-refractivity contribution in [3.05, 3.63) is 0 Å². The summed E-state index contributed by atoms with van der Waals surface area (Å²) in [6, 6.07) is 0. The van der Waals surface area contributed by atoms with E-state index in [9.17, 15) is 9.59 Å². The lowest BCUT2D eigenvalue weighted by Crippen LogP contribution is -2.15. The monoisotopic (exact) mass is 357 g/mol. The first-order valence-corrected chi connectivity index (χ1v) is 6.18. The number of rotatable bonds is 10. The summed E-state index contributed by atoms with van der Waals surface area (Å²) in [5.74, 6) is -0.684. The lowest BCUT2D eigenvalue weighted by molar-refractivity contribution is -0.151. The van der Waals surface area contributed by atoms with Crippen molar-refractivity contribution < 1.29 is 19.2 Å². The summed E-state index contributed by atoms with van der Waals surface area (Å²) >= 11 is 1.98. The number of hydrogen-bond donors (Lipinski definition) is 2. The highest BCUT2D eigenvalue weighted by Crippen LogP contribution is 2.02. The van der Waals surface area contributed by atoms with E-state index < -0.39 is 5.97 Å². The fourth-order valence-electron chi connectivity index (χ4n) is 0.949. The third-order valence-corrected chi connectivity index (χ3v) is 2.23. The predicted octanol–water partition coefficient (Wildman–Crippen LogP) is 0.693. The van der Waals surface area contributed by atoms with Gasteiger partial charge in [-0.15, -0.1) is 5.59 Å². The Morgan fingerprint density at radius 3 is 2.47 bits per heavy atom. The van der Waals surface area contributed by atoms with Gasteiger partial charge in [0.15, 0.2) is 0 Å². The minimum absolute atomic E-state index is 0.227. The molecule has 0 aliphatic rings. The molecule has 0 spiro atoms. The molecule has 7 nitrogen and oxygen atoms in total. The second kappa shape index (κ2) is 11.6. The Balaban J connectivity index is 3.34. The zero-order valence-corrected chi connectivity index (χ0v) is 11.6. The van der Waals surface area contributed by atoms with E-state index in [4.69, 9.17) is 4.74 Å². The number of ether oxygens (including phenoxy) is 1. The van der Waals surface area contributed by atoms with Crippen LogP contribution in [-0.4, -0.2) is 31.8 Å². The molecule has 0 aromatic heterocycles. The van der Waals surface area contributed by atoms with Crippen LogP contribution in [0.5, 0.6) is 0 Å². The first-order chi connectivity index (χ1) is 8.20. The highest BCUT2D eigenvalue weighted by molar-refractivity contribution is 14.1. The largest absolute Gasteiger partial charge is 0.464 e. The smallest absolute Gasteiger partial charge is 0.334 e. The van der Waals surface area contributed by atoms with Gasteiger partial charge in [0, 0.05) is 49.0 Å². The molecular weight excluding hydrogens is 341 g/mol. The summed E-state index contributed by atoms with van der Waals surface area (Å²) < 4.78 is 7.73. The van der Waals surface area contributed by atoms with Gasteiger partial charge in [0.1, 0.15) is 6.61 Å². The van der Waals surface area contributed by atoms with Crippen molar-refractivity contribution >= 4 is 41.5 Å². The average Bonchev–Trinajstić information content (AvgIpc) is 2.32. The van der Waals surface area contributed by atoms with E-state index in [1.54, 1.807) is 0 Å². The van der Waals surface area contributed by atoms with Crippen LogP contribution in [0, 0.1) is 0 Å². The highest BCUT2D eigenvalue weighted by atomic mass is 127. The van der Waals surface area contributed by atoms with E-state index >= 15 is 0 Å². The summed E-state index contributed by atoms with van der Waals surface area (Å²) in [5.41, 5.74) is 2.00. The predicted molar refractivity (Wildman–Crippen MR) is 70.2 cm³/mol. The number of hydrogen-bond acceptors (Lipinski definition) is 7. The number of carbonyl (C=O) groups excluding carboxylic acids is 2. The standard InChI is InChI=1S/C9H16IN3O4/c1-11-13-17-9(15)5-3-2-4-8(14)16-7-6-12-10/h12-13H,1-7H2. The molecule has 0 unspecified atom stereocenters. The fourth-order valence-corrected chi connectivity index (χ4v) is 1.17. The van der Waals surface area contributed by atoms with Crippen LogP contribution >= 0.6 is 22.9 Å². The van der Waals surface area contributed by atoms with E-state index in [0.717, 1.165) is 0 Å². The fraction of sp³-hybridized carbons (Fsp3) is 0.667. The quantitative estimate of drug-likeness (QED) is 0.149. The summed E-state index contributed by atoms with van der Waals surface area (Å²) in [6.07, 6.45) is 1.69. The Labute approximate surface area is 114 Å². The zero-order chi connectivity index (χ0) is 12.9. The molecule has 0 aromatic rings. The molecule has 0 aromatic carbocycles. The van der Waals surface area contributed by atoms with Crippen molar-refractivity contribution in [2.75, 3.05) is 13.2 Å². The van der Waals surface area contributed by atoms with Crippen LogP contribution in [-0.2, 0) is 19.2 Å².